The average Bonchev–Trinajstić information content (AvgIpc) is 2.41. The molecule has 0 aliphatic carbocycles. The third-order valence-corrected chi connectivity index (χ3v) is 3.68. The zero-order valence-corrected chi connectivity index (χ0v) is 12.9. The van der Waals surface area contributed by atoms with Gasteiger partial charge in [0.1, 0.15) is 5.82 Å². The van der Waals surface area contributed by atoms with Crippen LogP contribution in [0.2, 0.25) is 10.0 Å². The lowest BCUT2D eigenvalue weighted by molar-refractivity contribution is -0.121. The van der Waals surface area contributed by atoms with Gasteiger partial charge >= 0.3 is 0 Å². The quantitative estimate of drug-likeness (QED) is 0.877. The molecule has 5 heteroatoms. The number of hydrogen-bond acceptors (Lipinski definition) is 1. The predicted molar refractivity (Wildman–Crippen MR) is 83.1 cm³/mol. The van der Waals surface area contributed by atoms with Crippen LogP contribution >= 0.6 is 23.2 Å². The van der Waals surface area contributed by atoms with Crippen LogP contribution in [0.5, 0.6) is 0 Å². The van der Waals surface area contributed by atoms with Gasteiger partial charge in [-0.3, -0.25) is 4.79 Å². The lowest BCUT2D eigenvalue weighted by Crippen LogP contribution is -2.28. The van der Waals surface area contributed by atoms with Gasteiger partial charge in [-0.2, -0.15) is 0 Å². The molecule has 0 fully saturated rings. The van der Waals surface area contributed by atoms with Crippen LogP contribution in [0.1, 0.15) is 24.1 Å². The summed E-state index contributed by atoms with van der Waals surface area (Å²) in [7, 11) is 0. The fourth-order valence-corrected chi connectivity index (χ4v) is 2.61. The highest BCUT2D eigenvalue weighted by Crippen LogP contribution is 2.26. The van der Waals surface area contributed by atoms with Crippen molar-refractivity contribution in [1.82, 2.24) is 5.32 Å². The van der Waals surface area contributed by atoms with Gasteiger partial charge in [-0.15, -0.1) is 0 Å². The molecule has 0 spiro atoms. The second kappa shape index (κ2) is 6.92. The summed E-state index contributed by atoms with van der Waals surface area (Å²) in [6, 6.07) is 11.0. The van der Waals surface area contributed by atoms with Crippen LogP contribution in [0.3, 0.4) is 0 Å². The Labute approximate surface area is 132 Å². The molecule has 2 aromatic carbocycles. The van der Waals surface area contributed by atoms with Gasteiger partial charge in [-0.1, -0.05) is 47.5 Å². The minimum atomic E-state index is -0.384. The standard InChI is InChI=1S/C16H14Cl2FNO/c1-10(13-7-6-12(17)9-14(13)18)20-16(21)8-11-4-2-3-5-15(11)19/h2-7,9-10H,8H2,1H3,(H,20,21). The first-order chi connectivity index (χ1) is 9.97. The van der Waals surface area contributed by atoms with E-state index in [-0.39, 0.29) is 24.2 Å². The lowest BCUT2D eigenvalue weighted by Gasteiger charge is -2.16. The van der Waals surface area contributed by atoms with E-state index in [9.17, 15) is 9.18 Å². The van der Waals surface area contributed by atoms with Crippen molar-refractivity contribution in [3.8, 4) is 0 Å². The second-order valence-electron chi connectivity index (χ2n) is 4.72. The summed E-state index contributed by atoms with van der Waals surface area (Å²) in [5.41, 5.74) is 1.13. The van der Waals surface area contributed by atoms with E-state index in [1.54, 1.807) is 36.4 Å². The highest BCUT2D eigenvalue weighted by molar-refractivity contribution is 6.35. The van der Waals surface area contributed by atoms with Crippen molar-refractivity contribution >= 4 is 29.1 Å². The molecule has 1 unspecified atom stereocenters. The van der Waals surface area contributed by atoms with Gasteiger partial charge in [0.05, 0.1) is 12.5 Å². The van der Waals surface area contributed by atoms with Gasteiger partial charge in [-0.25, -0.2) is 4.39 Å². The Morgan fingerprint density at radius 3 is 2.62 bits per heavy atom. The molecule has 0 radical (unpaired) electrons. The van der Waals surface area contributed by atoms with Crippen molar-refractivity contribution in [3.63, 3.8) is 0 Å². The van der Waals surface area contributed by atoms with Gasteiger partial charge < -0.3 is 5.32 Å². The topological polar surface area (TPSA) is 29.1 Å². The number of halogens is 3. The van der Waals surface area contributed by atoms with Crippen molar-refractivity contribution < 1.29 is 9.18 Å². The van der Waals surface area contributed by atoms with Crippen LogP contribution in [0.4, 0.5) is 4.39 Å². The highest BCUT2D eigenvalue weighted by Gasteiger charge is 2.14. The molecule has 21 heavy (non-hydrogen) atoms. The first-order valence-electron chi connectivity index (χ1n) is 6.45. The van der Waals surface area contributed by atoms with Gasteiger partial charge in [0, 0.05) is 10.0 Å². The Morgan fingerprint density at radius 2 is 1.95 bits per heavy atom. The molecular weight excluding hydrogens is 312 g/mol. The predicted octanol–water partition coefficient (Wildman–Crippen LogP) is 4.55. The Hall–Kier alpha value is -1.58. The molecule has 2 aromatic rings. The molecule has 0 saturated carbocycles. The van der Waals surface area contributed by atoms with E-state index in [1.807, 2.05) is 6.92 Å². The summed E-state index contributed by atoms with van der Waals surface area (Å²) >= 11 is 11.9. The molecular formula is C16H14Cl2FNO. The molecule has 0 heterocycles. The second-order valence-corrected chi connectivity index (χ2v) is 5.57. The smallest absolute Gasteiger partial charge is 0.225 e. The Morgan fingerprint density at radius 1 is 1.24 bits per heavy atom. The van der Waals surface area contributed by atoms with Crippen LogP contribution in [0, 0.1) is 5.82 Å². The van der Waals surface area contributed by atoms with Crippen molar-refractivity contribution in [2.45, 2.75) is 19.4 Å². The van der Waals surface area contributed by atoms with Gasteiger partial charge in [0.25, 0.3) is 0 Å². The van der Waals surface area contributed by atoms with Crippen molar-refractivity contribution in [2.75, 3.05) is 0 Å². The molecule has 0 aromatic heterocycles. The molecule has 1 atom stereocenters. The first kappa shape index (κ1) is 15.8. The molecule has 110 valence electrons. The van der Waals surface area contributed by atoms with E-state index in [1.165, 1.54) is 6.07 Å². The van der Waals surface area contributed by atoms with Crippen LogP contribution in [-0.2, 0) is 11.2 Å². The number of amides is 1. The van der Waals surface area contributed by atoms with Crippen LogP contribution in [0.25, 0.3) is 0 Å². The molecule has 0 aliphatic heterocycles. The summed E-state index contributed by atoms with van der Waals surface area (Å²) in [6.07, 6.45) is -0.0117. The Kier molecular flexibility index (Phi) is 5.21. The molecule has 1 N–H and O–H groups in total. The maximum absolute atomic E-state index is 13.5. The zero-order chi connectivity index (χ0) is 15.4. The van der Waals surface area contributed by atoms with E-state index < -0.39 is 0 Å². The maximum Gasteiger partial charge on any atom is 0.225 e. The highest BCUT2D eigenvalue weighted by atomic mass is 35.5. The summed E-state index contributed by atoms with van der Waals surface area (Å²) in [5, 5.41) is 3.82. The van der Waals surface area contributed by atoms with Crippen LogP contribution < -0.4 is 5.32 Å². The van der Waals surface area contributed by atoms with E-state index in [0.29, 0.717) is 15.6 Å². The summed E-state index contributed by atoms with van der Waals surface area (Å²) in [5.74, 6) is -0.650. The average molecular weight is 326 g/mol. The van der Waals surface area contributed by atoms with Gasteiger partial charge in [0.15, 0.2) is 0 Å². The molecule has 2 nitrogen and oxygen atoms in total. The third kappa shape index (κ3) is 4.19. The molecule has 1 amide bonds. The lowest BCUT2D eigenvalue weighted by atomic mass is 10.1. The maximum atomic E-state index is 13.5. The minimum Gasteiger partial charge on any atom is -0.349 e. The number of hydrogen-bond donors (Lipinski definition) is 1. The zero-order valence-electron chi connectivity index (χ0n) is 11.4. The Balaban J connectivity index is 2.04. The largest absolute Gasteiger partial charge is 0.349 e. The van der Waals surface area contributed by atoms with E-state index in [0.717, 1.165) is 5.56 Å². The number of carbonyl (C=O) groups is 1. The van der Waals surface area contributed by atoms with Crippen LogP contribution in [-0.4, -0.2) is 5.91 Å². The van der Waals surface area contributed by atoms with E-state index in [4.69, 9.17) is 23.2 Å². The number of benzene rings is 2. The van der Waals surface area contributed by atoms with E-state index in [2.05, 4.69) is 5.32 Å². The van der Waals surface area contributed by atoms with Gasteiger partial charge in [-0.05, 0) is 36.2 Å². The van der Waals surface area contributed by atoms with Gasteiger partial charge in [0.2, 0.25) is 5.91 Å². The summed E-state index contributed by atoms with van der Waals surface area (Å²) in [4.78, 5) is 12.0. The summed E-state index contributed by atoms with van der Waals surface area (Å²) < 4.78 is 13.5. The molecule has 0 saturated heterocycles. The molecule has 2 rings (SSSR count). The fourth-order valence-electron chi connectivity index (χ4n) is 2.04. The Bertz CT molecular complexity index is 660. The molecule has 0 aliphatic rings. The summed E-state index contributed by atoms with van der Waals surface area (Å²) in [6.45, 7) is 1.81. The fraction of sp³-hybridized carbons (Fsp3) is 0.188. The first-order valence-corrected chi connectivity index (χ1v) is 7.20. The van der Waals surface area contributed by atoms with Crippen molar-refractivity contribution in [1.29, 1.82) is 0 Å². The van der Waals surface area contributed by atoms with Crippen LogP contribution in [0.15, 0.2) is 42.5 Å². The third-order valence-electron chi connectivity index (χ3n) is 3.12. The normalized spacial score (nSPS) is 12.0. The SMILES string of the molecule is CC(NC(=O)Cc1ccccc1F)c1ccc(Cl)cc1Cl. The number of rotatable bonds is 4. The van der Waals surface area contributed by atoms with Crippen molar-refractivity contribution in [2.24, 2.45) is 0 Å². The van der Waals surface area contributed by atoms with Crippen molar-refractivity contribution in [3.05, 3.63) is 69.5 Å². The number of nitrogens with one attached hydrogen (secondary N) is 1. The monoisotopic (exact) mass is 325 g/mol. The van der Waals surface area contributed by atoms with E-state index >= 15 is 0 Å². The number of carbonyl (C=O) groups excluding carboxylic acids is 1. The minimum absolute atomic E-state index is 0.0117. The molecule has 0 bridgehead atoms.